The quantitative estimate of drug-likeness (QED) is 0.835. The first-order valence-electron chi connectivity index (χ1n) is 6.68. The van der Waals surface area contributed by atoms with Crippen molar-refractivity contribution in [1.82, 2.24) is 5.32 Å². The van der Waals surface area contributed by atoms with Gasteiger partial charge in [-0.05, 0) is 55.8 Å². The molecule has 1 aliphatic rings. The van der Waals surface area contributed by atoms with Crippen LogP contribution in [0.5, 0.6) is 5.75 Å². The predicted molar refractivity (Wildman–Crippen MR) is 71.3 cm³/mol. The lowest BCUT2D eigenvalue weighted by Crippen LogP contribution is -2.25. The summed E-state index contributed by atoms with van der Waals surface area (Å²) in [5.74, 6) is 1.65. The van der Waals surface area contributed by atoms with Gasteiger partial charge in [0.25, 0.3) is 0 Å². The second-order valence-electron chi connectivity index (χ2n) is 5.34. The van der Waals surface area contributed by atoms with Gasteiger partial charge in [0.05, 0.1) is 7.11 Å². The van der Waals surface area contributed by atoms with Crippen LogP contribution in [0.25, 0.3) is 0 Å². The van der Waals surface area contributed by atoms with Crippen LogP contribution in [0.4, 0.5) is 4.39 Å². The van der Waals surface area contributed by atoms with E-state index in [4.69, 9.17) is 4.74 Å². The van der Waals surface area contributed by atoms with E-state index in [9.17, 15) is 4.39 Å². The molecule has 1 saturated carbocycles. The first kappa shape index (κ1) is 13.3. The fourth-order valence-corrected chi connectivity index (χ4v) is 2.26. The van der Waals surface area contributed by atoms with Gasteiger partial charge in [-0.3, -0.25) is 0 Å². The first-order valence-corrected chi connectivity index (χ1v) is 6.68. The summed E-state index contributed by atoms with van der Waals surface area (Å²) in [6.45, 7) is 5.42. The van der Waals surface area contributed by atoms with Gasteiger partial charge in [-0.15, -0.1) is 0 Å². The van der Waals surface area contributed by atoms with Gasteiger partial charge in [-0.1, -0.05) is 13.0 Å². The van der Waals surface area contributed by atoms with E-state index in [0.29, 0.717) is 5.75 Å². The summed E-state index contributed by atoms with van der Waals surface area (Å²) < 4.78 is 18.3. The van der Waals surface area contributed by atoms with Crippen molar-refractivity contribution in [3.63, 3.8) is 0 Å². The molecular weight excluding hydrogens is 229 g/mol. The van der Waals surface area contributed by atoms with Crippen molar-refractivity contribution in [2.75, 3.05) is 13.7 Å². The Morgan fingerprint density at radius 2 is 2.11 bits per heavy atom. The van der Waals surface area contributed by atoms with E-state index in [1.54, 1.807) is 6.07 Å². The van der Waals surface area contributed by atoms with Crippen LogP contribution >= 0.6 is 0 Å². The normalized spacial score (nSPS) is 18.4. The molecule has 3 heteroatoms. The highest BCUT2D eigenvalue weighted by atomic mass is 19.1. The highest BCUT2D eigenvalue weighted by Gasteiger charge is 2.27. The largest absolute Gasteiger partial charge is 0.494 e. The topological polar surface area (TPSA) is 21.3 Å². The maximum Gasteiger partial charge on any atom is 0.165 e. The molecule has 0 saturated heterocycles. The third-order valence-corrected chi connectivity index (χ3v) is 3.85. The van der Waals surface area contributed by atoms with Crippen LogP contribution in [0.1, 0.15) is 38.3 Å². The Hall–Kier alpha value is -1.09. The molecule has 2 unspecified atom stereocenters. The zero-order valence-electron chi connectivity index (χ0n) is 11.4. The zero-order chi connectivity index (χ0) is 13.1. The van der Waals surface area contributed by atoms with E-state index in [2.05, 4.69) is 19.2 Å². The Kier molecular flexibility index (Phi) is 4.23. The van der Waals surface area contributed by atoms with E-state index >= 15 is 0 Å². The van der Waals surface area contributed by atoms with E-state index in [1.165, 1.54) is 26.0 Å². The number of hydrogen-bond donors (Lipinski definition) is 1. The minimum atomic E-state index is -0.306. The fraction of sp³-hybridized carbons (Fsp3) is 0.600. The summed E-state index contributed by atoms with van der Waals surface area (Å²) in [5.41, 5.74) is 1.07. The van der Waals surface area contributed by atoms with Gasteiger partial charge >= 0.3 is 0 Å². The molecule has 0 spiro atoms. The SMILES string of the molecule is COc1cc(C(C)NCC(C)C2CC2)ccc1F. The van der Waals surface area contributed by atoms with Gasteiger partial charge in [0.1, 0.15) is 0 Å². The van der Waals surface area contributed by atoms with Crippen LogP contribution in [0.3, 0.4) is 0 Å². The van der Waals surface area contributed by atoms with Gasteiger partial charge < -0.3 is 10.1 Å². The van der Waals surface area contributed by atoms with Crippen LogP contribution in [-0.4, -0.2) is 13.7 Å². The maximum absolute atomic E-state index is 13.3. The van der Waals surface area contributed by atoms with Gasteiger partial charge in [0, 0.05) is 6.04 Å². The third kappa shape index (κ3) is 3.22. The minimum absolute atomic E-state index is 0.223. The Morgan fingerprint density at radius 1 is 1.39 bits per heavy atom. The molecule has 0 aliphatic heterocycles. The molecule has 2 nitrogen and oxygen atoms in total. The van der Waals surface area contributed by atoms with Crippen molar-refractivity contribution in [2.24, 2.45) is 11.8 Å². The molecule has 2 rings (SSSR count). The van der Waals surface area contributed by atoms with Crippen molar-refractivity contribution >= 4 is 0 Å². The predicted octanol–water partition coefficient (Wildman–Crippen LogP) is 3.53. The third-order valence-electron chi connectivity index (χ3n) is 3.85. The van der Waals surface area contributed by atoms with Crippen molar-refractivity contribution in [3.8, 4) is 5.75 Å². The van der Waals surface area contributed by atoms with Gasteiger partial charge in [-0.2, -0.15) is 0 Å². The average Bonchev–Trinajstić information content (AvgIpc) is 3.20. The molecule has 1 aliphatic carbocycles. The number of benzene rings is 1. The first-order chi connectivity index (χ1) is 8.61. The Balaban J connectivity index is 1.92. The number of methoxy groups -OCH3 is 1. The molecule has 1 aromatic carbocycles. The second kappa shape index (κ2) is 5.70. The zero-order valence-corrected chi connectivity index (χ0v) is 11.4. The highest BCUT2D eigenvalue weighted by Crippen LogP contribution is 2.36. The molecule has 1 N–H and O–H groups in total. The lowest BCUT2D eigenvalue weighted by atomic mass is 10.0. The Labute approximate surface area is 109 Å². The van der Waals surface area contributed by atoms with E-state index < -0.39 is 0 Å². The number of rotatable bonds is 6. The van der Waals surface area contributed by atoms with Gasteiger partial charge in [0.15, 0.2) is 11.6 Å². The minimum Gasteiger partial charge on any atom is -0.494 e. The summed E-state index contributed by atoms with van der Waals surface area (Å²) in [5, 5.41) is 3.51. The molecule has 0 radical (unpaired) electrons. The molecule has 1 fully saturated rings. The van der Waals surface area contributed by atoms with Crippen molar-refractivity contribution in [1.29, 1.82) is 0 Å². The molecular formula is C15H22FNO. The van der Waals surface area contributed by atoms with E-state index in [1.807, 2.05) is 6.07 Å². The van der Waals surface area contributed by atoms with Crippen LogP contribution in [-0.2, 0) is 0 Å². The smallest absolute Gasteiger partial charge is 0.165 e. The standard InChI is InChI=1S/C15H22FNO/c1-10(12-4-5-12)9-17-11(2)13-6-7-14(16)15(8-13)18-3/h6-8,10-12,17H,4-5,9H2,1-3H3. The molecule has 2 atom stereocenters. The van der Waals surface area contributed by atoms with Gasteiger partial charge in [0.2, 0.25) is 0 Å². The van der Waals surface area contributed by atoms with Crippen LogP contribution in [0, 0.1) is 17.7 Å². The summed E-state index contributed by atoms with van der Waals surface area (Å²) in [4.78, 5) is 0. The molecule has 0 amide bonds. The van der Waals surface area contributed by atoms with Crippen molar-refractivity contribution in [2.45, 2.75) is 32.7 Å². The second-order valence-corrected chi connectivity index (χ2v) is 5.34. The lowest BCUT2D eigenvalue weighted by molar-refractivity contribution is 0.384. The summed E-state index contributed by atoms with van der Waals surface area (Å²) >= 11 is 0. The van der Waals surface area contributed by atoms with Gasteiger partial charge in [-0.25, -0.2) is 4.39 Å². The van der Waals surface area contributed by atoms with Crippen LogP contribution < -0.4 is 10.1 Å². The van der Waals surface area contributed by atoms with Crippen LogP contribution in [0.2, 0.25) is 0 Å². The maximum atomic E-state index is 13.3. The molecule has 18 heavy (non-hydrogen) atoms. The molecule has 0 heterocycles. The molecule has 0 aromatic heterocycles. The lowest BCUT2D eigenvalue weighted by Gasteiger charge is -2.18. The average molecular weight is 251 g/mol. The number of hydrogen-bond acceptors (Lipinski definition) is 2. The van der Waals surface area contributed by atoms with Crippen LogP contribution in [0.15, 0.2) is 18.2 Å². The summed E-state index contributed by atoms with van der Waals surface area (Å²) in [6, 6.07) is 5.28. The number of halogens is 1. The molecule has 1 aromatic rings. The fourth-order valence-electron chi connectivity index (χ4n) is 2.26. The molecule has 0 bridgehead atoms. The monoisotopic (exact) mass is 251 g/mol. The van der Waals surface area contributed by atoms with E-state index in [0.717, 1.165) is 23.9 Å². The Bertz CT molecular complexity index is 403. The van der Waals surface area contributed by atoms with E-state index in [-0.39, 0.29) is 11.9 Å². The summed E-state index contributed by atoms with van der Waals surface area (Å²) in [6.07, 6.45) is 2.75. The highest BCUT2D eigenvalue weighted by molar-refractivity contribution is 5.31. The number of ether oxygens (including phenoxy) is 1. The summed E-state index contributed by atoms with van der Waals surface area (Å²) in [7, 11) is 1.50. The van der Waals surface area contributed by atoms with Crippen molar-refractivity contribution < 1.29 is 9.13 Å². The van der Waals surface area contributed by atoms with Crippen molar-refractivity contribution in [3.05, 3.63) is 29.6 Å². The Morgan fingerprint density at radius 3 is 2.72 bits per heavy atom. The molecule has 100 valence electrons. The number of nitrogens with one attached hydrogen (secondary N) is 1.